The number of hydrogen-bond acceptors (Lipinski definition) is 3. The Hall–Kier alpha value is -2.04. The summed E-state index contributed by atoms with van der Waals surface area (Å²) < 4.78 is 5.52. The fraction of sp³-hybridized carbons (Fsp3) is 0.429. The van der Waals surface area contributed by atoms with Crippen molar-refractivity contribution >= 4 is 11.9 Å². The molecule has 0 N–H and O–H groups in total. The molecule has 5 nitrogen and oxygen atoms in total. The van der Waals surface area contributed by atoms with Gasteiger partial charge in [0.15, 0.2) is 0 Å². The number of rotatable bonds is 4. The fourth-order valence-corrected chi connectivity index (χ4v) is 2.66. The SMILES string of the molecule is O=C1[C@H]2CCCN2C(=O)N1CCOc1ccccc1. The highest BCUT2D eigenvalue weighted by molar-refractivity contribution is 6.04. The van der Waals surface area contributed by atoms with Gasteiger partial charge >= 0.3 is 6.03 Å². The Labute approximate surface area is 111 Å². The maximum Gasteiger partial charge on any atom is 0.327 e. The van der Waals surface area contributed by atoms with Crippen LogP contribution < -0.4 is 4.74 Å². The molecule has 0 bridgehead atoms. The van der Waals surface area contributed by atoms with Crippen LogP contribution in [0.25, 0.3) is 0 Å². The summed E-state index contributed by atoms with van der Waals surface area (Å²) in [6, 6.07) is 9.01. The molecule has 2 aliphatic heterocycles. The lowest BCUT2D eigenvalue weighted by Gasteiger charge is -2.15. The van der Waals surface area contributed by atoms with Gasteiger partial charge in [-0.15, -0.1) is 0 Å². The molecule has 3 amide bonds. The summed E-state index contributed by atoms with van der Waals surface area (Å²) in [5.74, 6) is 0.682. The lowest BCUT2D eigenvalue weighted by atomic mass is 10.2. The Balaban J connectivity index is 1.56. The summed E-state index contributed by atoms with van der Waals surface area (Å²) in [5, 5.41) is 0. The predicted molar refractivity (Wildman–Crippen MR) is 68.8 cm³/mol. The number of urea groups is 1. The Bertz CT molecular complexity index is 467. The largest absolute Gasteiger partial charge is 0.492 e. The number of fused-ring (bicyclic) bond motifs is 1. The number of carbonyl (C=O) groups excluding carboxylic acids is 2. The van der Waals surface area contributed by atoms with Gasteiger partial charge in [-0.25, -0.2) is 4.79 Å². The van der Waals surface area contributed by atoms with E-state index >= 15 is 0 Å². The van der Waals surface area contributed by atoms with Crippen molar-refractivity contribution in [2.24, 2.45) is 0 Å². The van der Waals surface area contributed by atoms with Gasteiger partial charge in [0, 0.05) is 6.54 Å². The van der Waals surface area contributed by atoms with E-state index < -0.39 is 0 Å². The smallest absolute Gasteiger partial charge is 0.327 e. The van der Waals surface area contributed by atoms with Gasteiger partial charge in [0.25, 0.3) is 5.91 Å². The molecule has 0 saturated carbocycles. The molecule has 1 aromatic carbocycles. The lowest BCUT2D eigenvalue weighted by molar-refractivity contribution is -0.128. The molecule has 2 fully saturated rings. The van der Waals surface area contributed by atoms with E-state index in [0.717, 1.165) is 18.6 Å². The number of amides is 3. The number of nitrogens with zero attached hydrogens (tertiary/aromatic N) is 2. The molecule has 1 aromatic rings. The summed E-state index contributed by atoms with van der Waals surface area (Å²) in [6.45, 7) is 1.35. The van der Waals surface area contributed by atoms with Crippen LogP contribution in [0.4, 0.5) is 4.79 Å². The number of benzene rings is 1. The van der Waals surface area contributed by atoms with Crippen molar-refractivity contribution in [3.05, 3.63) is 30.3 Å². The Morgan fingerprint density at radius 3 is 2.74 bits per heavy atom. The minimum absolute atomic E-state index is 0.0702. The molecule has 0 radical (unpaired) electrons. The highest BCUT2D eigenvalue weighted by atomic mass is 16.5. The first-order chi connectivity index (χ1) is 9.27. The third-order valence-corrected chi connectivity index (χ3v) is 3.61. The summed E-state index contributed by atoms with van der Waals surface area (Å²) in [4.78, 5) is 27.0. The minimum atomic E-state index is -0.218. The van der Waals surface area contributed by atoms with Gasteiger partial charge in [0.1, 0.15) is 18.4 Å². The van der Waals surface area contributed by atoms with Crippen molar-refractivity contribution in [2.75, 3.05) is 19.7 Å². The second-order valence-corrected chi connectivity index (χ2v) is 4.79. The van der Waals surface area contributed by atoms with Crippen LogP contribution in [0.3, 0.4) is 0 Å². The first-order valence-corrected chi connectivity index (χ1v) is 6.57. The molecule has 19 heavy (non-hydrogen) atoms. The van der Waals surface area contributed by atoms with E-state index in [9.17, 15) is 9.59 Å². The lowest BCUT2D eigenvalue weighted by Crippen LogP contribution is -2.36. The second kappa shape index (κ2) is 4.91. The number of hydrogen-bond donors (Lipinski definition) is 0. The molecule has 2 saturated heterocycles. The zero-order valence-corrected chi connectivity index (χ0v) is 10.6. The van der Waals surface area contributed by atoms with Crippen LogP contribution in [0.1, 0.15) is 12.8 Å². The predicted octanol–water partition coefficient (Wildman–Crippen LogP) is 1.49. The summed E-state index contributed by atoms with van der Waals surface area (Å²) >= 11 is 0. The molecule has 0 unspecified atom stereocenters. The number of imide groups is 1. The van der Waals surface area contributed by atoms with Crippen LogP contribution in [0.2, 0.25) is 0 Å². The van der Waals surface area contributed by atoms with Gasteiger partial charge in [-0.3, -0.25) is 9.69 Å². The molecule has 5 heteroatoms. The maximum absolute atomic E-state index is 12.0. The van der Waals surface area contributed by atoms with E-state index in [1.807, 2.05) is 30.3 Å². The first-order valence-electron chi connectivity index (χ1n) is 6.57. The molecule has 3 rings (SSSR count). The van der Waals surface area contributed by atoms with Crippen LogP contribution in [0.15, 0.2) is 30.3 Å². The Morgan fingerprint density at radius 1 is 1.21 bits per heavy atom. The van der Waals surface area contributed by atoms with Gasteiger partial charge in [-0.2, -0.15) is 0 Å². The zero-order valence-electron chi connectivity index (χ0n) is 10.6. The van der Waals surface area contributed by atoms with Crippen molar-refractivity contribution in [1.29, 1.82) is 0 Å². The van der Waals surface area contributed by atoms with Crippen molar-refractivity contribution < 1.29 is 14.3 Å². The molecule has 0 spiro atoms. The van der Waals surface area contributed by atoms with Crippen LogP contribution in [0, 0.1) is 0 Å². The van der Waals surface area contributed by atoms with E-state index in [1.54, 1.807) is 4.90 Å². The highest BCUT2D eigenvalue weighted by Gasteiger charge is 2.46. The molecule has 100 valence electrons. The highest BCUT2D eigenvalue weighted by Crippen LogP contribution is 2.26. The molecule has 0 aromatic heterocycles. The Morgan fingerprint density at radius 2 is 2.00 bits per heavy atom. The van der Waals surface area contributed by atoms with E-state index in [4.69, 9.17) is 4.74 Å². The number of ether oxygens (including phenoxy) is 1. The molecular formula is C14H16N2O3. The topological polar surface area (TPSA) is 49.9 Å². The molecule has 2 aliphatic rings. The third kappa shape index (κ3) is 2.16. The molecule has 1 atom stereocenters. The molecular weight excluding hydrogens is 244 g/mol. The first kappa shape index (κ1) is 12.0. The summed E-state index contributed by atoms with van der Waals surface area (Å²) in [7, 11) is 0. The minimum Gasteiger partial charge on any atom is -0.492 e. The van der Waals surface area contributed by atoms with Crippen molar-refractivity contribution in [2.45, 2.75) is 18.9 Å². The van der Waals surface area contributed by atoms with Gasteiger partial charge in [0.2, 0.25) is 0 Å². The second-order valence-electron chi connectivity index (χ2n) is 4.79. The average molecular weight is 260 g/mol. The van der Waals surface area contributed by atoms with Gasteiger partial charge in [-0.1, -0.05) is 18.2 Å². The zero-order chi connectivity index (χ0) is 13.2. The number of carbonyl (C=O) groups is 2. The average Bonchev–Trinajstić information content (AvgIpc) is 2.99. The quantitative estimate of drug-likeness (QED) is 0.771. The van der Waals surface area contributed by atoms with Crippen LogP contribution in [0.5, 0.6) is 5.75 Å². The molecule has 0 aliphatic carbocycles. The Kier molecular flexibility index (Phi) is 3.11. The van der Waals surface area contributed by atoms with Crippen molar-refractivity contribution in [1.82, 2.24) is 9.80 Å². The van der Waals surface area contributed by atoms with E-state index in [-0.39, 0.29) is 18.0 Å². The van der Waals surface area contributed by atoms with E-state index in [2.05, 4.69) is 0 Å². The maximum atomic E-state index is 12.0. The third-order valence-electron chi connectivity index (χ3n) is 3.61. The van der Waals surface area contributed by atoms with Gasteiger partial charge in [-0.05, 0) is 25.0 Å². The monoisotopic (exact) mass is 260 g/mol. The van der Waals surface area contributed by atoms with Crippen LogP contribution in [-0.4, -0.2) is 47.5 Å². The van der Waals surface area contributed by atoms with Gasteiger partial charge < -0.3 is 9.64 Å². The van der Waals surface area contributed by atoms with E-state index in [1.165, 1.54) is 4.90 Å². The van der Waals surface area contributed by atoms with Crippen LogP contribution >= 0.6 is 0 Å². The molecule has 2 heterocycles. The normalized spacial score (nSPS) is 22.0. The number of para-hydroxylation sites is 1. The summed E-state index contributed by atoms with van der Waals surface area (Å²) in [6.07, 6.45) is 1.72. The van der Waals surface area contributed by atoms with Crippen molar-refractivity contribution in [3.63, 3.8) is 0 Å². The fourth-order valence-electron chi connectivity index (χ4n) is 2.66. The van der Waals surface area contributed by atoms with Crippen molar-refractivity contribution in [3.8, 4) is 5.75 Å². The van der Waals surface area contributed by atoms with Crippen LogP contribution in [-0.2, 0) is 4.79 Å². The standard InChI is InChI=1S/C14H16N2O3/c17-13-12-7-4-8-15(12)14(18)16(13)9-10-19-11-5-2-1-3-6-11/h1-3,5-6,12H,4,7-10H2/t12-/m1/s1. The van der Waals surface area contributed by atoms with E-state index in [0.29, 0.717) is 19.7 Å². The summed E-state index contributed by atoms with van der Waals surface area (Å²) in [5.41, 5.74) is 0. The van der Waals surface area contributed by atoms with Gasteiger partial charge in [0.05, 0.1) is 6.54 Å².